The second kappa shape index (κ2) is 5.59. The van der Waals surface area contributed by atoms with Crippen LogP contribution in [-0.2, 0) is 19.5 Å². The molecule has 0 unspecified atom stereocenters. The van der Waals surface area contributed by atoms with Gasteiger partial charge in [-0.25, -0.2) is 0 Å². The van der Waals surface area contributed by atoms with Crippen molar-refractivity contribution in [1.82, 2.24) is 9.88 Å². The molecule has 0 saturated heterocycles. The first-order valence-electron chi connectivity index (χ1n) is 6.62. The maximum atomic E-state index is 3.25. The number of hydrogen-bond donors (Lipinski definition) is 1. The summed E-state index contributed by atoms with van der Waals surface area (Å²) in [6, 6.07) is 13.0. The van der Waals surface area contributed by atoms with Crippen molar-refractivity contribution in [1.29, 1.82) is 0 Å². The zero-order valence-electron chi connectivity index (χ0n) is 11.1. The summed E-state index contributed by atoms with van der Waals surface area (Å²) in [5, 5.41) is 6.76. The molecular weight excluding hydrogens is 252 g/mol. The summed E-state index contributed by atoms with van der Waals surface area (Å²) in [6.07, 6.45) is 3.39. The van der Waals surface area contributed by atoms with E-state index in [9.17, 15) is 0 Å². The lowest BCUT2D eigenvalue weighted by Crippen LogP contribution is -2.04. The van der Waals surface area contributed by atoms with E-state index in [1.165, 1.54) is 21.3 Å². The number of fused-ring (bicyclic) bond motifs is 1. The van der Waals surface area contributed by atoms with Crippen LogP contribution < -0.4 is 5.32 Å². The Hall–Kier alpha value is -1.58. The lowest BCUT2D eigenvalue weighted by Gasteiger charge is -2.03. The average molecular weight is 270 g/mol. The molecule has 0 spiro atoms. The van der Waals surface area contributed by atoms with Crippen LogP contribution in [0.1, 0.15) is 10.4 Å². The van der Waals surface area contributed by atoms with E-state index in [-0.39, 0.29) is 0 Å². The Labute approximate surface area is 117 Å². The Bertz CT molecular complexity index is 653. The van der Waals surface area contributed by atoms with Crippen LogP contribution in [0.15, 0.2) is 48.0 Å². The van der Waals surface area contributed by atoms with Crippen LogP contribution in [-0.4, -0.2) is 11.6 Å². The highest BCUT2D eigenvalue weighted by molar-refractivity contribution is 7.09. The first-order valence-corrected chi connectivity index (χ1v) is 7.50. The molecule has 0 aliphatic rings. The summed E-state index contributed by atoms with van der Waals surface area (Å²) in [7, 11) is 2.00. The van der Waals surface area contributed by atoms with Crippen LogP contribution >= 0.6 is 11.3 Å². The molecular formula is C16H18N2S. The van der Waals surface area contributed by atoms with Crippen molar-refractivity contribution < 1.29 is 0 Å². The topological polar surface area (TPSA) is 17.0 Å². The van der Waals surface area contributed by atoms with Crippen LogP contribution in [0.2, 0.25) is 0 Å². The number of rotatable bonds is 5. The Kier molecular flexibility index (Phi) is 3.67. The highest BCUT2D eigenvalue weighted by Crippen LogP contribution is 2.22. The van der Waals surface area contributed by atoms with Gasteiger partial charge >= 0.3 is 0 Å². The van der Waals surface area contributed by atoms with Gasteiger partial charge in [0, 0.05) is 35.1 Å². The van der Waals surface area contributed by atoms with Crippen LogP contribution in [0.4, 0.5) is 0 Å². The van der Waals surface area contributed by atoms with Gasteiger partial charge in [-0.15, -0.1) is 11.3 Å². The molecule has 0 radical (unpaired) electrons. The summed E-state index contributed by atoms with van der Waals surface area (Å²) in [6.45, 7) is 1.97. The third-order valence-electron chi connectivity index (χ3n) is 3.42. The molecule has 2 heterocycles. The molecule has 0 atom stereocenters. The van der Waals surface area contributed by atoms with Crippen molar-refractivity contribution in [2.75, 3.05) is 7.05 Å². The van der Waals surface area contributed by atoms with Crippen molar-refractivity contribution in [3.63, 3.8) is 0 Å². The quantitative estimate of drug-likeness (QED) is 0.748. The zero-order valence-corrected chi connectivity index (χ0v) is 11.9. The van der Waals surface area contributed by atoms with Gasteiger partial charge in [-0.3, -0.25) is 0 Å². The number of hydrogen-bond acceptors (Lipinski definition) is 2. The molecule has 0 saturated carbocycles. The van der Waals surface area contributed by atoms with Crippen LogP contribution in [0, 0.1) is 0 Å². The summed E-state index contributed by atoms with van der Waals surface area (Å²) >= 11 is 1.84. The largest absolute Gasteiger partial charge is 0.347 e. The molecule has 98 valence electrons. The zero-order chi connectivity index (χ0) is 13.1. The van der Waals surface area contributed by atoms with Crippen molar-refractivity contribution in [3.05, 3.63) is 58.4 Å². The molecule has 3 heteroatoms. The van der Waals surface area contributed by atoms with Crippen LogP contribution in [0.3, 0.4) is 0 Å². The van der Waals surface area contributed by atoms with Crippen LogP contribution in [0.25, 0.3) is 10.9 Å². The van der Waals surface area contributed by atoms with Gasteiger partial charge in [0.25, 0.3) is 0 Å². The number of nitrogens with one attached hydrogen (secondary N) is 1. The Morgan fingerprint density at radius 3 is 2.84 bits per heavy atom. The normalized spacial score (nSPS) is 11.2. The monoisotopic (exact) mass is 270 g/mol. The van der Waals surface area contributed by atoms with Crippen molar-refractivity contribution in [2.24, 2.45) is 0 Å². The molecule has 19 heavy (non-hydrogen) atoms. The lowest BCUT2D eigenvalue weighted by molar-refractivity contribution is 0.721. The molecule has 0 aliphatic carbocycles. The van der Waals surface area contributed by atoms with E-state index >= 15 is 0 Å². The van der Waals surface area contributed by atoms with E-state index in [4.69, 9.17) is 0 Å². The fourth-order valence-electron chi connectivity index (χ4n) is 2.52. The number of para-hydroxylation sites is 1. The minimum absolute atomic E-state index is 0.923. The first-order chi connectivity index (χ1) is 9.38. The summed E-state index contributed by atoms with van der Waals surface area (Å²) in [4.78, 5) is 1.45. The van der Waals surface area contributed by atoms with E-state index in [1.807, 2.05) is 18.4 Å². The molecule has 0 bridgehead atoms. The molecule has 3 rings (SSSR count). The lowest BCUT2D eigenvalue weighted by atomic mass is 10.2. The third-order valence-corrected chi connectivity index (χ3v) is 4.35. The van der Waals surface area contributed by atoms with Gasteiger partial charge in [0.05, 0.1) is 0 Å². The summed E-state index contributed by atoms with van der Waals surface area (Å²) in [5.74, 6) is 0. The second-order valence-corrected chi connectivity index (χ2v) is 5.76. The second-order valence-electron chi connectivity index (χ2n) is 4.72. The molecule has 3 aromatic rings. The Morgan fingerprint density at radius 2 is 2.05 bits per heavy atom. The van der Waals surface area contributed by atoms with Crippen molar-refractivity contribution in [2.45, 2.75) is 19.5 Å². The van der Waals surface area contributed by atoms with E-state index in [2.05, 4.69) is 57.9 Å². The molecule has 2 nitrogen and oxygen atoms in total. The minimum Gasteiger partial charge on any atom is -0.347 e. The van der Waals surface area contributed by atoms with E-state index < -0.39 is 0 Å². The molecule has 1 N–H and O–H groups in total. The predicted octanol–water partition coefficient (Wildman–Crippen LogP) is 3.66. The molecule has 0 amide bonds. The predicted molar refractivity (Wildman–Crippen MR) is 82.7 cm³/mol. The number of benzene rings is 1. The Morgan fingerprint density at radius 1 is 1.16 bits per heavy atom. The number of nitrogens with zero attached hydrogens (tertiary/aromatic N) is 1. The van der Waals surface area contributed by atoms with E-state index in [0.717, 1.165) is 19.5 Å². The average Bonchev–Trinajstić information content (AvgIpc) is 3.06. The Balaban J connectivity index is 1.90. The van der Waals surface area contributed by atoms with E-state index in [1.54, 1.807) is 0 Å². The fraction of sp³-hybridized carbons (Fsp3) is 0.250. The highest BCUT2D eigenvalue weighted by Gasteiger charge is 2.07. The number of aromatic nitrogens is 1. The van der Waals surface area contributed by atoms with Crippen LogP contribution in [0.5, 0.6) is 0 Å². The smallest absolute Gasteiger partial charge is 0.0483 e. The number of thiophene rings is 1. The molecule has 0 fully saturated rings. The van der Waals surface area contributed by atoms with Gasteiger partial charge in [0.2, 0.25) is 0 Å². The van der Waals surface area contributed by atoms with Gasteiger partial charge in [-0.05, 0) is 36.5 Å². The fourth-order valence-corrected chi connectivity index (χ4v) is 3.22. The maximum absolute atomic E-state index is 3.25. The van der Waals surface area contributed by atoms with Gasteiger partial charge in [-0.1, -0.05) is 24.3 Å². The van der Waals surface area contributed by atoms with E-state index in [0.29, 0.717) is 0 Å². The first kappa shape index (κ1) is 12.5. The summed E-state index contributed by atoms with van der Waals surface area (Å²) < 4.78 is 2.38. The summed E-state index contributed by atoms with van der Waals surface area (Å²) in [5.41, 5.74) is 2.72. The highest BCUT2D eigenvalue weighted by atomic mass is 32.1. The molecule has 2 aromatic heterocycles. The third kappa shape index (κ3) is 2.57. The van der Waals surface area contributed by atoms with Gasteiger partial charge in [-0.2, -0.15) is 0 Å². The molecule has 1 aromatic carbocycles. The van der Waals surface area contributed by atoms with Gasteiger partial charge < -0.3 is 9.88 Å². The molecule has 0 aliphatic heterocycles. The van der Waals surface area contributed by atoms with Gasteiger partial charge in [0.1, 0.15) is 0 Å². The standard InChI is InChI=1S/C16H18N2S/c1-17-11-13-12-18(9-8-14-5-4-10-19-14)16-7-3-2-6-15(13)16/h2-7,10,12,17H,8-9,11H2,1H3. The SMILES string of the molecule is CNCc1cn(CCc2cccs2)c2ccccc12. The van der Waals surface area contributed by atoms with Gasteiger partial charge in [0.15, 0.2) is 0 Å². The minimum atomic E-state index is 0.923. The number of aryl methyl sites for hydroxylation is 2. The maximum Gasteiger partial charge on any atom is 0.0483 e. The van der Waals surface area contributed by atoms with Crippen molar-refractivity contribution in [3.8, 4) is 0 Å². The van der Waals surface area contributed by atoms with Crippen molar-refractivity contribution >= 4 is 22.2 Å².